The summed E-state index contributed by atoms with van der Waals surface area (Å²) in [5.74, 6) is 0. The van der Waals surface area contributed by atoms with Crippen LogP contribution in [-0.4, -0.2) is 55.1 Å². The van der Waals surface area contributed by atoms with Crippen LogP contribution in [0.15, 0.2) is 134 Å². The number of fused-ring (bicyclic) bond motifs is 6. The molecule has 0 N–H and O–H groups in total. The summed E-state index contributed by atoms with van der Waals surface area (Å²) in [6, 6.07) is 43.5. The molecule has 5 heterocycles. The van der Waals surface area contributed by atoms with Crippen LogP contribution in [0.3, 0.4) is 0 Å². The van der Waals surface area contributed by atoms with Crippen molar-refractivity contribution in [3.63, 3.8) is 0 Å². The van der Waals surface area contributed by atoms with Gasteiger partial charge in [0.15, 0.2) is 0 Å². The fraction of sp³-hybridized carbons (Fsp3) is 0.190. The summed E-state index contributed by atoms with van der Waals surface area (Å²) in [7, 11) is 0. The zero-order valence-electron chi connectivity index (χ0n) is 27.0. The van der Waals surface area contributed by atoms with Gasteiger partial charge in [0.1, 0.15) is 0 Å². The quantitative estimate of drug-likeness (QED) is 0.171. The fourth-order valence-corrected chi connectivity index (χ4v) is 7.59. The van der Waals surface area contributed by atoms with E-state index in [0.717, 1.165) is 63.7 Å². The number of benzene rings is 4. The molecule has 6 heteroatoms. The molecule has 1 fully saturated rings. The maximum atomic E-state index is 4.98. The van der Waals surface area contributed by atoms with E-state index in [0.29, 0.717) is 0 Å². The first-order chi connectivity index (χ1) is 23.8. The molecule has 0 atom stereocenters. The highest BCUT2D eigenvalue weighted by Crippen LogP contribution is 2.32. The standard InChI is InChI=1S/C42H38N6/c1-3-11-31(12-4-1)27-47-39-17-9-7-15-35(39)37-23-33(43-25-41(37)47)29-45-19-21-46(22-20-45)30-34-24-38-36-16-8-10-18-40(36)48(42(38)26-44-34)28-32-13-5-2-6-14-32/h1-18,23-26H,19-22,27-30H2. The Kier molecular flexibility index (Phi) is 7.45. The Morgan fingerprint density at radius 1 is 0.396 bits per heavy atom. The molecule has 48 heavy (non-hydrogen) atoms. The third kappa shape index (κ3) is 5.43. The van der Waals surface area contributed by atoms with E-state index in [2.05, 4.69) is 153 Å². The lowest BCUT2D eigenvalue weighted by atomic mass is 10.1. The zero-order chi connectivity index (χ0) is 31.9. The van der Waals surface area contributed by atoms with E-state index in [1.54, 1.807) is 0 Å². The molecule has 0 saturated carbocycles. The van der Waals surface area contributed by atoms with Crippen molar-refractivity contribution in [3.8, 4) is 0 Å². The van der Waals surface area contributed by atoms with Gasteiger partial charge in [-0.1, -0.05) is 97.1 Å². The number of pyridine rings is 2. The number of rotatable bonds is 8. The molecule has 1 aliphatic heterocycles. The van der Waals surface area contributed by atoms with Crippen LogP contribution in [0.25, 0.3) is 43.6 Å². The largest absolute Gasteiger partial charge is 0.335 e. The van der Waals surface area contributed by atoms with Gasteiger partial charge >= 0.3 is 0 Å². The molecule has 1 saturated heterocycles. The highest BCUT2D eigenvalue weighted by Gasteiger charge is 2.20. The minimum atomic E-state index is 0.839. The van der Waals surface area contributed by atoms with Crippen molar-refractivity contribution in [1.29, 1.82) is 0 Å². The highest BCUT2D eigenvalue weighted by molar-refractivity contribution is 6.08. The van der Waals surface area contributed by atoms with Crippen LogP contribution >= 0.6 is 0 Å². The van der Waals surface area contributed by atoms with Crippen LogP contribution in [0.2, 0.25) is 0 Å². The summed E-state index contributed by atoms with van der Waals surface area (Å²) < 4.78 is 4.81. The molecule has 0 bridgehead atoms. The summed E-state index contributed by atoms with van der Waals surface area (Å²) in [5, 5.41) is 5.17. The van der Waals surface area contributed by atoms with Crippen molar-refractivity contribution in [3.05, 3.63) is 156 Å². The Bertz CT molecular complexity index is 2200. The molecule has 0 radical (unpaired) electrons. The summed E-state index contributed by atoms with van der Waals surface area (Å²) >= 11 is 0. The predicted molar refractivity (Wildman–Crippen MR) is 196 cm³/mol. The highest BCUT2D eigenvalue weighted by atomic mass is 15.3. The molecule has 0 amide bonds. The lowest BCUT2D eigenvalue weighted by Gasteiger charge is -2.34. The third-order valence-electron chi connectivity index (χ3n) is 10.0. The lowest BCUT2D eigenvalue weighted by molar-refractivity contribution is 0.120. The normalized spacial score (nSPS) is 14.5. The maximum absolute atomic E-state index is 4.98. The Morgan fingerprint density at radius 2 is 0.792 bits per heavy atom. The smallest absolute Gasteiger partial charge is 0.0681 e. The average molecular weight is 627 g/mol. The monoisotopic (exact) mass is 626 g/mol. The molecule has 0 unspecified atom stereocenters. The molecular weight excluding hydrogens is 589 g/mol. The zero-order valence-corrected chi connectivity index (χ0v) is 27.0. The van der Waals surface area contributed by atoms with Crippen LogP contribution in [0.5, 0.6) is 0 Å². The fourth-order valence-electron chi connectivity index (χ4n) is 7.59. The first-order valence-corrected chi connectivity index (χ1v) is 17.0. The van der Waals surface area contributed by atoms with E-state index in [1.807, 2.05) is 0 Å². The number of hydrogen-bond acceptors (Lipinski definition) is 4. The van der Waals surface area contributed by atoms with E-state index in [4.69, 9.17) is 9.97 Å². The molecule has 9 rings (SSSR count). The van der Waals surface area contributed by atoms with Crippen LogP contribution in [0, 0.1) is 0 Å². The third-order valence-corrected chi connectivity index (χ3v) is 10.0. The minimum absolute atomic E-state index is 0.839. The molecule has 0 spiro atoms. The average Bonchev–Trinajstić information content (AvgIpc) is 3.61. The van der Waals surface area contributed by atoms with Crippen molar-refractivity contribution in [2.24, 2.45) is 0 Å². The Hall–Kier alpha value is -5.30. The van der Waals surface area contributed by atoms with Crippen LogP contribution < -0.4 is 0 Å². The van der Waals surface area contributed by atoms with Crippen LogP contribution in [0.1, 0.15) is 22.5 Å². The first-order valence-electron chi connectivity index (χ1n) is 17.0. The van der Waals surface area contributed by atoms with Crippen molar-refractivity contribution in [2.75, 3.05) is 26.2 Å². The number of nitrogens with zero attached hydrogens (tertiary/aromatic N) is 6. The van der Waals surface area contributed by atoms with Crippen molar-refractivity contribution in [2.45, 2.75) is 26.2 Å². The minimum Gasteiger partial charge on any atom is -0.335 e. The number of piperazine rings is 1. The second-order valence-corrected chi connectivity index (χ2v) is 13.1. The maximum Gasteiger partial charge on any atom is 0.0681 e. The van der Waals surface area contributed by atoms with Crippen LogP contribution in [0.4, 0.5) is 0 Å². The molecule has 8 aromatic rings. The second kappa shape index (κ2) is 12.4. The van der Waals surface area contributed by atoms with Gasteiger partial charge in [0.25, 0.3) is 0 Å². The molecule has 236 valence electrons. The summed E-state index contributed by atoms with van der Waals surface area (Å²) in [4.78, 5) is 15.0. The molecule has 4 aromatic heterocycles. The van der Waals surface area contributed by atoms with Gasteiger partial charge in [0.2, 0.25) is 0 Å². The molecule has 6 nitrogen and oxygen atoms in total. The van der Waals surface area contributed by atoms with E-state index >= 15 is 0 Å². The summed E-state index contributed by atoms with van der Waals surface area (Å²) in [5.41, 5.74) is 9.78. The number of aromatic nitrogens is 4. The molecule has 4 aromatic carbocycles. The van der Waals surface area contributed by atoms with Gasteiger partial charge in [-0.05, 0) is 35.4 Å². The molecule has 0 aliphatic carbocycles. The van der Waals surface area contributed by atoms with E-state index in [9.17, 15) is 0 Å². The summed E-state index contributed by atoms with van der Waals surface area (Å²) in [6.45, 7) is 7.50. The number of para-hydroxylation sites is 2. The van der Waals surface area contributed by atoms with Gasteiger partial charge in [-0.25, -0.2) is 0 Å². The first kappa shape index (κ1) is 28.9. The Labute approximate surface area is 280 Å². The van der Waals surface area contributed by atoms with Crippen LogP contribution in [-0.2, 0) is 26.2 Å². The van der Waals surface area contributed by atoms with Crippen molar-refractivity contribution < 1.29 is 0 Å². The van der Waals surface area contributed by atoms with Crippen molar-refractivity contribution >= 4 is 43.6 Å². The SMILES string of the molecule is c1ccc(Cn2c3ccccc3c3cc(CN4CCN(Cc5cc6c7ccccc7n(Cc7ccccc7)c6cn5)CC4)ncc32)cc1. The van der Waals surface area contributed by atoms with Gasteiger partial charge in [-0.3, -0.25) is 19.8 Å². The Morgan fingerprint density at radius 3 is 1.23 bits per heavy atom. The van der Waals surface area contributed by atoms with Crippen molar-refractivity contribution in [1.82, 2.24) is 28.9 Å². The van der Waals surface area contributed by atoms with Gasteiger partial charge in [0, 0.05) is 84.9 Å². The predicted octanol–water partition coefficient (Wildman–Crippen LogP) is 8.11. The molecule has 1 aliphatic rings. The lowest BCUT2D eigenvalue weighted by Crippen LogP contribution is -2.45. The van der Waals surface area contributed by atoms with E-state index in [1.165, 1.54) is 54.7 Å². The number of hydrogen-bond donors (Lipinski definition) is 0. The van der Waals surface area contributed by atoms with E-state index < -0.39 is 0 Å². The summed E-state index contributed by atoms with van der Waals surface area (Å²) in [6.07, 6.45) is 4.17. The van der Waals surface area contributed by atoms with Gasteiger partial charge in [-0.15, -0.1) is 0 Å². The topological polar surface area (TPSA) is 42.1 Å². The van der Waals surface area contributed by atoms with E-state index in [-0.39, 0.29) is 0 Å². The van der Waals surface area contributed by atoms with Gasteiger partial charge in [0.05, 0.1) is 34.8 Å². The molecular formula is C42H38N6. The van der Waals surface area contributed by atoms with Gasteiger partial charge < -0.3 is 9.13 Å². The van der Waals surface area contributed by atoms with Gasteiger partial charge in [-0.2, -0.15) is 0 Å². The second-order valence-electron chi connectivity index (χ2n) is 13.1. The Balaban J connectivity index is 0.899.